The van der Waals surface area contributed by atoms with Crippen LogP contribution in [0.15, 0.2) is 42.5 Å². The lowest BCUT2D eigenvalue weighted by Crippen LogP contribution is -2.47. The van der Waals surface area contributed by atoms with Crippen molar-refractivity contribution in [3.63, 3.8) is 0 Å². The first-order valence-electron chi connectivity index (χ1n) is 13.0. The first kappa shape index (κ1) is 30.2. The maximum absolute atomic E-state index is 13.3. The molecule has 2 aromatic carbocycles. The summed E-state index contributed by atoms with van der Waals surface area (Å²) in [7, 11) is 0. The Morgan fingerprint density at radius 3 is 2.15 bits per heavy atom. The fourth-order valence-electron chi connectivity index (χ4n) is 5.14. The van der Waals surface area contributed by atoms with Crippen LogP contribution < -0.4 is 15.1 Å². The third kappa shape index (κ3) is 8.08. The number of nitro benzene ring substituents is 1. The number of rotatable bonds is 8. The molecule has 0 unspecified atom stereocenters. The number of halogens is 3. The second kappa shape index (κ2) is 13.1. The molecule has 0 atom stereocenters. The molecule has 0 radical (unpaired) electrons. The van der Waals surface area contributed by atoms with E-state index in [1.165, 1.54) is 17.3 Å². The molecule has 4 rings (SSSR count). The summed E-state index contributed by atoms with van der Waals surface area (Å²) >= 11 is 0. The van der Waals surface area contributed by atoms with Crippen molar-refractivity contribution in [2.24, 2.45) is 0 Å². The molecule has 0 saturated carbocycles. The van der Waals surface area contributed by atoms with Crippen molar-refractivity contribution in [1.82, 2.24) is 10.2 Å². The lowest BCUT2D eigenvalue weighted by molar-refractivity contribution is -0.388. The number of hydrogen-bond acceptors (Lipinski definition) is 6. The van der Waals surface area contributed by atoms with E-state index in [0.29, 0.717) is 38.0 Å². The van der Waals surface area contributed by atoms with Crippen LogP contribution >= 0.6 is 0 Å². The summed E-state index contributed by atoms with van der Waals surface area (Å²) in [5.41, 5.74) is 0.606. The van der Waals surface area contributed by atoms with Gasteiger partial charge in [0.2, 0.25) is 5.91 Å². The van der Waals surface area contributed by atoms with Gasteiger partial charge in [0, 0.05) is 69.2 Å². The molecule has 2 aliphatic heterocycles. The van der Waals surface area contributed by atoms with E-state index in [0.717, 1.165) is 51.3 Å². The largest absolute Gasteiger partial charge is 0.423 e. The van der Waals surface area contributed by atoms with Gasteiger partial charge in [0.1, 0.15) is 5.56 Å². The van der Waals surface area contributed by atoms with Crippen molar-refractivity contribution in [3.05, 3.63) is 63.7 Å². The number of piperidine rings is 1. The molecule has 0 aromatic heterocycles. The number of nitrogens with zero attached hydrogens (tertiary/aromatic N) is 4. The molecule has 1 amide bonds. The van der Waals surface area contributed by atoms with E-state index in [4.69, 9.17) is 0 Å². The summed E-state index contributed by atoms with van der Waals surface area (Å²) in [6.45, 7) is 7.74. The topological polar surface area (TPSA) is 82.0 Å². The maximum atomic E-state index is 13.3. The van der Waals surface area contributed by atoms with E-state index in [-0.39, 0.29) is 19.4 Å². The summed E-state index contributed by atoms with van der Waals surface area (Å²) in [5, 5.41) is 14.0. The van der Waals surface area contributed by atoms with Gasteiger partial charge in [-0.3, -0.25) is 19.8 Å². The standard InChI is InChI=1S/C27H34F3N5O3.CH4/c1-20-4-6-22(7-5-20)34-17-15-32(16-18-34)12-2-3-26(36)31-21-10-13-33(14-11-21)23-8-9-25(35(37)38)24(19-23)27(28,29)30;/h4-9,19,21H,2-3,10-18H2,1H3,(H,31,36);1H4. The minimum absolute atomic E-state index is 0. The van der Waals surface area contributed by atoms with Crippen LogP contribution in [-0.2, 0) is 11.0 Å². The Balaban J connectivity index is 0.00000420. The fourth-order valence-corrected chi connectivity index (χ4v) is 5.14. The van der Waals surface area contributed by atoms with Crippen molar-refractivity contribution >= 4 is 23.0 Å². The van der Waals surface area contributed by atoms with Gasteiger partial charge in [-0.2, -0.15) is 13.2 Å². The number of aryl methyl sites for hydroxylation is 1. The van der Waals surface area contributed by atoms with Crippen molar-refractivity contribution in [2.45, 2.75) is 52.3 Å². The first-order valence-corrected chi connectivity index (χ1v) is 13.0. The molecule has 2 aliphatic rings. The third-order valence-electron chi connectivity index (χ3n) is 7.36. The van der Waals surface area contributed by atoms with E-state index in [9.17, 15) is 28.1 Å². The van der Waals surface area contributed by atoms with Crippen LogP contribution in [-0.4, -0.2) is 67.6 Å². The number of nitrogens with one attached hydrogen (secondary N) is 1. The summed E-state index contributed by atoms with van der Waals surface area (Å²) in [4.78, 5) is 29.0. The molecule has 2 heterocycles. The molecule has 2 fully saturated rings. The predicted octanol–water partition coefficient (Wildman–Crippen LogP) is 5.25. The summed E-state index contributed by atoms with van der Waals surface area (Å²) < 4.78 is 39.9. The molecule has 1 N–H and O–H groups in total. The van der Waals surface area contributed by atoms with Crippen LogP contribution in [0.4, 0.5) is 30.2 Å². The highest BCUT2D eigenvalue weighted by Gasteiger charge is 2.39. The quantitative estimate of drug-likeness (QED) is 0.358. The van der Waals surface area contributed by atoms with Gasteiger partial charge in [0.15, 0.2) is 0 Å². The van der Waals surface area contributed by atoms with Crippen LogP contribution in [0.2, 0.25) is 0 Å². The average Bonchev–Trinajstić information content (AvgIpc) is 2.89. The minimum Gasteiger partial charge on any atom is -0.371 e. The summed E-state index contributed by atoms with van der Waals surface area (Å²) in [5.74, 6) is -0.00330. The molecular weight excluding hydrogens is 511 g/mol. The number of carbonyl (C=O) groups is 1. The van der Waals surface area contributed by atoms with Crippen LogP contribution in [0.3, 0.4) is 0 Å². The van der Waals surface area contributed by atoms with Crippen LogP contribution in [0.1, 0.15) is 44.2 Å². The van der Waals surface area contributed by atoms with Crippen molar-refractivity contribution in [2.75, 3.05) is 55.6 Å². The second-order valence-electron chi connectivity index (χ2n) is 10.1. The SMILES string of the molecule is C.Cc1ccc(N2CCN(CCCC(=O)NC3CCN(c4ccc([N+](=O)[O-])c(C(F)(F)F)c4)CC3)CC2)cc1. The molecule has 2 saturated heterocycles. The molecule has 11 heteroatoms. The number of amides is 1. The van der Waals surface area contributed by atoms with Gasteiger partial charge in [-0.25, -0.2) is 0 Å². The Labute approximate surface area is 227 Å². The van der Waals surface area contributed by atoms with Crippen LogP contribution in [0, 0.1) is 17.0 Å². The van der Waals surface area contributed by atoms with Gasteiger partial charge in [0.25, 0.3) is 5.69 Å². The monoisotopic (exact) mass is 549 g/mol. The Kier molecular flexibility index (Phi) is 10.2. The number of alkyl halides is 3. The van der Waals surface area contributed by atoms with E-state index in [1.807, 2.05) is 0 Å². The highest BCUT2D eigenvalue weighted by molar-refractivity contribution is 5.76. The second-order valence-corrected chi connectivity index (χ2v) is 10.1. The van der Waals surface area contributed by atoms with Crippen LogP contribution in [0.5, 0.6) is 0 Å². The van der Waals surface area contributed by atoms with E-state index >= 15 is 0 Å². The maximum Gasteiger partial charge on any atom is 0.423 e. The zero-order valence-corrected chi connectivity index (χ0v) is 21.5. The summed E-state index contributed by atoms with van der Waals surface area (Å²) in [6.07, 6.45) is -2.39. The van der Waals surface area contributed by atoms with Gasteiger partial charge in [0.05, 0.1) is 4.92 Å². The lowest BCUT2D eigenvalue weighted by atomic mass is 10.0. The zero-order chi connectivity index (χ0) is 27.3. The van der Waals surface area contributed by atoms with Crippen LogP contribution in [0.25, 0.3) is 0 Å². The molecule has 8 nitrogen and oxygen atoms in total. The molecule has 214 valence electrons. The number of hydrogen-bond donors (Lipinski definition) is 1. The van der Waals surface area contributed by atoms with E-state index in [2.05, 4.69) is 46.3 Å². The number of anilines is 2. The molecule has 39 heavy (non-hydrogen) atoms. The van der Waals surface area contributed by atoms with E-state index in [1.54, 1.807) is 4.90 Å². The Hall–Kier alpha value is -3.34. The average molecular weight is 550 g/mol. The Morgan fingerprint density at radius 1 is 0.974 bits per heavy atom. The zero-order valence-electron chi connectivity index (χ0n) is 21.5. The van der Waals surface area contributed by atoms with Crippen molar-refractivity contribution in [3.8, 4) is 0 Å². The van der Waals surface area contributed by atoms with E-state index < -0.39 is 22.4 Å². The van der Waals surface area contributed by atoms with Crippen molar-refractivity contribution < 1.29 is 22.9 Å². The number of benzene rings is 2. The highest BCUT2D eigenvalue weighted by Crippen LogP contribution is 2.38. The van der Waals surface area contributed by atoms with Gasteiger partial charge in [-0.1, -0.05) is 25.1 Å². The first-order chi connectivity index (χ1) is 18.1. The van der Waals surface area contributed by atoms with Gasteiger partial charge in [-0.05, 0) is 57.0 Å². The number of nitro groups is 1. The molecule has 0 spiro atoms. The summed E-state index contributed by atoms with van der Waals surface area (Å²) in [6, 6.07) is 11.7. The normalized spacial score (nSPS) is 17.0. The minimum atomic E-state index is -4.81. The number of piperazine rings is 1. The molecule has 2 aromatic rings. The highest BCUT2D eigenvalue weighted by atomic mass is 19.4. The molecule has 0 bridgehead atoms. The lowest BCUT2D eigenvalue weighted by Gasteiger charge is -2.36. The van der Waals surface area contributed by atoms with Gasteiger partial charge < -0.3 is 15.1 Å². The third-order valence-corrected chi connectivity index (χ3v) is 7.36. The number of carbonyl (C=O) groups excluding carboxylic acids is 1. The van der Waals surface area contributed by atoms with Gasteiger partial charge >= 0.3 is 6.18 Å². The Morgan fingerprint density at radius 2 is 1.56 bits per heavy atom. The van der Waals surface area contributed by atoms with Crippen molar-refractivity contribution in [1.29, 1.82) is 0 Å². The fraction of sp³-hybridized carbons (Fsp3) is 0.536. The Bertz CT molecular complexity index is 1110. The smallest absolute Gasteiger partial charge is 0.371 e. The van der Waals surface area contributed by atoms with Gasteiger partial charge in [-0.15, -0.1) is 0 Å². The molecule has 0 aliphatic carbocycles. The predicted molar refractivity (Wildman–Crippen MR) is 147 cm³/mol. The molecular formula is C28H38F3N5O3.